The molecule has 1 heterocycles. The van der Waals surface area contributed by atoms with Gasteiger partial charge in [0.05, 0.1) is 17.7 Å². The molecule has 2 N–H and O–H groups in total. The lowest BCUT2D eigenvalue weighted by Crippen LogP contribution is -2.13. The average Bonchev–Trinajstić information content (AvgIpc) is 2.67. The van der Waals surface area contributed by atoms with Gasteiger partial charge in [0.25, 0.3) is 0 Å². The van der Waals surface area contributed by atoms with E-state index in [1.807, 2.05) is 12.1 Å². The molecule has 0 fully saturated rings. The molecule has 2 aromatic rings. The quantitative estimate of drug-likeness (QED) is 0.898. The molecule has 0 bridgehead atoms. The van der Waals surface area contributed by atoms with Gasteiger partial charge in [-0.3, -0.25) is 9.59 Å². The van der Waals surface area contributed by atoms with E-state index in [9.17, 15) is 19.5 Å². The molecule has 0 saturated carbocycles. The molecule has 1 aliphatic rings. The van der Waals surface area contributed by atoms with Gasteiger partial charge < -0.3 is 14.8 Å². The van der Waals surface area contributed by atoms with Crippen LogP contribution in [0.1, 0.15) is 43.2 Å². The monoisotopic (exact) mass is 313 g/mol. The average molecular weight is 313 g/mol. The third-order valence-electron chi connectivity index (χ3n) is 4.27. The van der Waals surface area contributed by atoms with Crippen LogP contribution in [0.2, 0.25) is 0 Å². The van der Waals surface area contributed by atoms with Gasteiger partial charge in [0, 0.05) is 18.3 Å². The highest BCUT2D eigenvalue weighted by Crippen LogP contribution is 2.31. The van der Waals surface area contributed by atoms with Crippen molar-refractivity contribution in [2.24, 2.45) is 7.05 Å². The highest BCUT2D eigenvalue weighted by molar-refractivity contribution is 6.12. The van der Waals surface area contributed by atoms with Crippen LogP contribution in [0.3, 0.4) is 0 Å². The Kier molecular flexibility index (Phi) is 3.52. The summed E-state index contributed by atoms with van der Waals surface area (Å²) in [5.41, 5.74) is 2.24. The lowest BCUT2D eigenvalue weighted by molar-refractivity contribution is -0.136. The summed E-state index contributed by atoms with van der Waals surface area (Å²) >= 11 is 0. The number of aryl methyl sites for hydroxylation is 1. The second kappa shape index (κ2) is 5.39. The van der Waals surface area contributed by atoms with Crippen molar-refractivity contribution in [3.8, 4) is 0 Å². The molecule has 3 rings (SSSR count). The molecular formula is C17H15NO5. The molecule has 1 aromatic carbocycles. The summed E-state index contributed by atoms with van der Waals surface area (Å²) in [6.07, 6.45) is 0.513. The van der Waals surface area contributed by atoms with Crippen LogP contribution in [0.25, 0.3) is 0 Å². The maximum Gasteiger partial charge on any atom is 0.337 e. The van der Waals surface area contributed by atoms with Gasteiger partial charge in [-0.1, -0.05) is 24.3 Å². The highest BCUT2D eigenvalue weighted by atomic mass is 16.4. The first-order chi connectivity index (χ1) is 10.9. The molecule has 23 heavy (non-hydrogen) atoms. The summed E-state index contributed by atoms with van der Waals surface area (Å²) in [5.74, 6) is -2.58. The van der Waals surface area contributed by atoms with E-state index in [2.05, 4.69) is 0 Å². The summed E-state index contributed by atoms with van der Waals surface area (Å²) in [7, 11) is 1.55. The fraction of sp³-hybridized carbons (Fsp3) is 0.235. The van der Waals surface area contributed by atoms with Gasteiger partial charge in [-0.05, 0) is 24.0 Å². The Morgan fingerprint density at radius 3 is 2.52 bits per heavy atom. The number of fused-ring (bicyclic) bond motifs is 2. The molecule has 0 radical (unpaired) electrons. The lowest BCUT2D eigenvalue weighted by atomic mass is 10.0. The Morgan fingerprint density at radius 2 is 1.87 bits per heavy atom. The van der Waals surface area contributed by atoms with Crippen molar-refractivity contribution in [3.63, 3.8) is 0 Å². The number of hydrogen-bond acceptors (Lipinski definition) is 3. The predicted octanol–water partition coefficient (Wildman–Crippen LogP) is 1.68. The van der Waals surface area contributed by atoms with Gasteiger partial charge >= 0.3 is 11.9 Å². The zero-order valence-corrected chi connectivity index (χ0v) is 12.5. The number of carboxylic acid groups (broad SMARTS) is 2. The minimum atomic E-state index is -1.20. The third kappa shape index (κ3) is 2.32. The van der Waals surface area contributed by atoms with Gasteiger partial charge in [-0.25, -0.2) is 4.79 Å². The van der Waals surface area contributed by atoms with Crippen molar-refractivity contribution in [1.29, 1.82) is 0 Å². The summed E-state index contributed by atoms with van der Waals surface area (Å²) in [5, 5.41) is 18.6. The Morgan fingerprint density at radius 1 is 1.17 bits per heavy atom. The van der Waals surface area contributed by atoms with Gasteiger partial charge in [0.2, 0.25) is 5.78 Å². The minimum absolute atomic E-state index is 0.0499. The Hall–Kier alpha value is -2.89. The standard InChI is InChI=1S/C17H15NO5/c1-18-12(8-13(19)20)14(17(22)23)11-7-6-9-4-2-3-5-10(9)16(21)15(11)18/h2-5H,6-8H2,1H3,(H,19,20)(H,22,23). The topological polar surface area (TPSA) is 96.6 Å². The van der Waals surface area contributed by atoms with E-state index in [1.54, 1.807) is 19.2 Å². The van der Waals surface area contributed by atoms with Crippen molar-refractivity contribution in [2.45, 2.75) is 19.3 Å². The van der Waals surface area contributed by atoms with Crippen molar-refractivity contribution < 1.29 is 24.6 Å². The Bertz CT molecular complexity index is 847. The minimum Gasteiger partial charge on any atom is -0.481 e. The second-order valence-corrected chi connectivity index (χ2v) is 5.57. The highest BCUT2D eigenvalue weighted by Gasteiger charge is 2.32. The normalized spacial score (nSPS) is 13.2. The van der Waals surface area contributed by atoms with E-state index in [1.165, 1.54) is 4.57 Å². The van der Waals surface area contributed by atoms with Crippen molar-refractivity contribution >= 4 is 17.7 Å². The fourth-order valence-electron chi connectivity index (χ4n) is 3.28. The predicted molar refractivity (Wildman–Crippen MR) is 81.0 cm³/mol. The molecule has 1 aliphatic carbocycles. The van der Waals surface area contributed by atoms with Gasteiger partial charge in [0.1, 0.15) is 0 Å². The fourth-order valence-corrected chi connectivity index (χ4v) is 3.28. The van der Waals surface area contributed by atoms with Crippen LogP contribution >= 0.6 is 0 Å². The number of hydrogen-bond donors (Lipinski definition) is 2. The maximum atomic E-state index is 12.9. The smallest absolute Gasteiger partial charge is 0.337 e. The summed E-state index contributed by atoms with van der Waals surface area (Å²) in [6.45, 7) is 0. The molecule has 1 aromatic heterocycles. The zero-order chi connectivity index (χ0) is 16.7. The van der Waals surface area contributed by atoms with Gasteiger partial charge in [-0.15, -0.1) is 0 Å². The number of aromatic nitrogens is 1. The molecular weight excluding hydrogens is 298 g/mol. The van der Waals surface area contributed by atoms with Crippen molar-refractivity contribution in [3.05, 3.63) is 57.9 Å². The van der Waals surface area contributed by atoms with Crippen LogP contribution in [0.4, 0.5) is 0 Å². The van der Waals surface area contributed by atoms with Crippen LogP contribution in [0, 0.1) is 0 Å². The molecule has 0 spiro atoms. The largest absolute Gasteiger partial charge is 0.481 e. The third-order valence-corrected chi connectivity index (χ3v) is 4.27. The summed E-state index contributed by atoms with van der Waals surface area (Å²) in [6, 6.07) is 7.19. The van der Waals surface area contributed by atoms with Crippen LogP contribution in [0.5, 0.6) is 0 Å². The molecule has 0 aliphatic heterocycles. The molecule has 6 nitrogen and oxygen atoms in total. The number of rotatable bonds is 3. The first-order valence-corrected chi connectivity index (χ1v) is 7.20. The molecule has 0 atom stereocenters. The van der Waals surface area contributed by atoms with E-state index in [0.717, 1.165) is 5.56 Å². The van der Waals surface area contributed by atoms with E-state index in [4.69, 9.17) is 5.11 Å². The van der Waals surface area contributed by atoms with E-state index < -0.39 is 18.4 Å². The first-order valence-electron chi connectivity index (χ1n) is 7.20. The van der Waals surface area contributed by atoms with Crippen molar-refractivity contribution in [1.82, 2.24) is 4.57 Å². The summed E-state index contributed by atoms with van der Waals surface area (Å²) < 4.78 is 1.43. The molecule has 0 saturated heterocycles. The lowest BCUT2D eigenvalue weighted by Gasteiger charge is -2.08. The maximum absolute atomic E-state index is 12.9. The first kappa shape index (κ1) is 15.0. The number of aromatic carboxylic acids is 1. The summed E-state index contributed by atoms with van der Waals surface area (Å²) in [4.78, 5) is 35.6. The zero-order valence-electron chi connectivity index (χ0n) is 12.5. The number of carbonyl (C=O) groups excluding carboxylic acids is 1. The number of aliphatic carboxylic acids is 1. The van der Waals surface area contributed by atoms with Gasteiger partial charge in [0.15, 0.2) is 0 Å². The second-order valence-electron chi connectivity index (χ2n) is 5.57. The van der Waals surface area contributed by atoms with Crippen LogP contribution in [0.15, 0.2) is 24.3 Å². The Balaban J connectivity index is 2.27. The van der Waals surface area contributed by atoms with Gasteiger partial charge in [-0.2, -0.15) is 0 Å². The molecule has 0 amide bonds. The van der Waals surface area contributed by atoms with E-state index in [0.29, 0.717) is 24.0 Å². The number of carboxylic acids is 2. The van der Waals surface area contributed by atoms with E-state index >= 15 is 0 Å². The Labute approximate surface area is 132 Å². The van der Waals surface area contributed by atoms with Crippen LogP contribution < -0.4 is 0 Å². The van der Waals surface area contributed by atoms with E-state index in [-0.39, 0.29) is 22.7 Å². The van der Waals surface area contributed by atoms with Crippen LogP contribution in [-0.4, -0.2) is 32.5 Å². The van der Waals surface area contributed by atoms with Crippen molar-refractivity contribution in [2.75, 3.05) is 0 Å². The number of benzene rings is 1. The van der Waals surface area contributed by atoms with Crippen LogP contribution in [-0.2, 0) is 31.1 Å². The number of ketones is 1. The molecule has 118 valence electrons. The molecule has 0 unspecified atom stereocenters. The number of carbonyl (C=O) groups is 3. The number of nitrogens with zero attached hydrogens (tertiary/aromatic N) is 1. The SMILES string of the molecule is Cn1c(CC(=O)O)c(C(=O)O)c2c1C(=O)c1ccccc1CC2. The molecule has 6 heteroatoms.